The summed E-state index contributed by atoms with van der Waals surface area (Å²) in [5.41, 5.74) is 0. The fraction of sp³-hybridized carbons (Fsp3) is 0.794. The number of aliphatic hydroxyl groups excluding tert-OH is 1. The van der Waals surface area contributed by atoms with Gasteiger partial charge in [-0.05, 0) is 64.2 Å². The number of allylic oxidation sites excluding steroid dienone is 11. The number of rotatable bonds is 55. The highest BCUT2D eigenvalue weighted by molar-refractivity contribution is 7.45. The summed E-state index contributed by atoms with van der Waals surface area (Å²) >= 11 is 0. The van der Waals surface area contributed by atoms with Gasteiger partial charge in [0.1, 0.15) is 13.2 Å². The zero-order valence-corrected chi connectivity index (χ0v) is 48.8. The number of hydrogen-bond acceptors (Lipinski definition) is 6. The Morgan fingerprint density at radius 2 is 0.847 bits per heavy atom. The lowest BCUT2D eigenvalue weighted by atomic mass is 10.0. The van der Waals surface area contributed by atoms with Gasteiger partial charge in [-0.15, -0.1) is 0 Å². The molecular weight excluding hydrogens is 912 g/mol. The number of phosphoric acid groups is 1. The smallest absolute Gasteiger partial charge is 0.268 e. The van der Waals surface area contributed by atoms with Crippen LogP contribution in [0.2, 0.25) is 0 Å². The predicted octanol–water partition coefficient (Wildman–Crippen LogP) is 18.0. The number of amides is 1. The van der Waals surface area contributed by atoms with E-state index in [1.165, 1.54) is 180 Å². The van der Waals surface area contributed by atoms with Crippen LogP contribution in [0.4, 0.5) is 0 Å². The summed E-state index contributed by atoms with van der Waals surface area (Å²) in [5, 5.41) is 13.9. The molecule has 3 unspecified atom stereocenters. The molecule has 0 spiro atoms. The summed E-state index contributed by atoms with van der Waals surface area (Å²) in [7, 11) is 1.26. The Bertz CT molecular complexity index is 1400. The Morgan fingerprint density at radius 1 is 0.500 bits per heavy atom. The van der Waals surface area contributed by atoms with Crippen molar-refractivity contribution >= 4 is 13.7 Å². The van der Waals surface area contributed by atoms with E-state index in [0.717, 1.165) is 70.6 Å². The highest BCUT2D eigenvalue weighted by atomic mass is 31.2. The molecule has 3 atom stereocenters. The first-order chi connectivity index (χ1) is 35.0. The number of aliphatic hydroxyl groups is 1. The van der Waals surface area contributed by atoms with E-state index < -0.39 is 20.0 Å². The highest BCUT2D eigenvalue weighted by Gasteiger charge is 2.23. The van der Waals surface area contributed by atoms with E-state index >= 15 is 0 Å². The summed E-state index contributed by atoms with van der Waals surface area (Å²) in [6.07, 6.45) is 74.1. The van der Waals surface area contributed by atoms with E-state index in [1.807, 2.05) is 27.2 Å². The van der Waals surface area contributed by atoms with Crippen LogP contribution in [0, 0.1) is 0 Å². The topological polar surface area (TPSA) is 108 Å². The fourth-order valence-electron chi connectivity index (χ4n) is 8.71. The Kier molecular flexibility index (Phi) is 52.2. The monoisotopic (exact) mass is 1030 g/mol. The maximum Gasteiger partial charge on any atom is 0.268 e. The number of phosphoric ester groups is 1. The molecule has 72 heavy (non-hydrogen) atoms. The van der Waals surface area contributed by atoms with Gasteiger partial charge >= 0.3 is 0 Å². The lowest BCUT2D eigenvalue weighted by Gasteiger charge is -2.29. The van der Waals surface area contributed by atoms with Crippen molar-refractivity contribution < 1.29 is 32.9 Å². The molecule has 0 aromatic heterocycles. The molecule has 1 amide bonds. The minimum absolute atomic E-state index is 0.00372. The van der Waals surface area contributed by atoms with Crippen LogP contribution in [-0.4, -0.2) is 68.5 Å². The lowest BCUT2D eigenvalue weighted by molar-refractivity contribution is -0.870. The molecule has 0 aromatic rings. The maximum atomic E-state index is 13.0. The normalized spacial score (nSPS) is 14.4. The summed E-state index contributed by atoms with van der Waals surface area (Å²) in [6.45, 7) is 4.56. The number of carbonyl (C=O) groups is 1. The second-order valence-corrected chi connectivity index (χ2v) is 23.1. The van der Waals surface area contributed by atoms with Crippen LogP contribution in [0.1, 0.15) is 271 Å². The van der Waals surface area contributed by atoms with Crippen LogP contribution in [-0.2, 0) is 18.4 Å². The van der Waals surface area contributed by atoms with Crippen molar-refractivity contribution in [2.24, 2.45) is 0 Å². The minimum Gasteiger partial charge on any atom is -0.756 e. The SMILES string of the molecule is CC/C=C\C/C=C\C/C=C\C/C=C\C/C=C\CCCCCCCCCCCCCC(=O)NC(COP(=O)([O-])OCC[N+](C)(C)C)C(O)/C=C/CCCCCCCCCCCCCCCCCCCCCCC. The van der Waals surface area contributed by atoms with Gasteiger partial charge in [-0.1, -0.05) is 273 Å². The molecule has 9 heteroatoms. The van der Waals surface area contributed by atoms with E-state index in [-0.39, 0.29) is 19.1 Å². The van der Waals surface area contributed by atoms with Crippen molar-refractivity contribution in [3.8, 4) is 0 Å². The number of carbonyl (C=O) groups excluding carboxylic acids is 1. The first kappa shape index (κ1) is 69.9. The number of nitrogens with one attached hydrogen (secondary N) is 1. The quantitative estimate of drug-likeness (QED) is 0.0272. The number of nitrogens with zero attached hydrogens (tertiary/aromatic N) is 1. The van der Waals surface area contributed by atoms with Crippen molar-refractivity contribution in [3.63, 3.8) is 0 Å². The van der Waals surface area contributed by atoms with Gasteiger partial charge in [0.2, 0.25) is 5.91 Å². The molecule has 0 saturated carbocycles. The molecule has 0 aliphatic heterocycles. The van der Waals surface area contributed by atoms with Crippen LogP contribution < -0.4 is 10.2 Å². The number of hydrogen-bond donors (Lipinski definition) is 2. The van der Waals surface area contributed by atoms with Crippen molar-refractivity contribution in [3.05, 3.63) is 72.9 Å². The maximum absolute atomic E-state index is 13.0. The van der Waals surface area contributed by atoms with Crippen LogP contribution in [0.15, 0.2) is 72.9 Å². The third kappa shape index (κ3) is 55.7. The number of quaternary nitrogens is 1. The van der Waals surface area contributed by atoms with Gasteiger partial charge in [0.05, 0.1) is 39.9 Å². The molecule has 0 aliphatic carbocycles. The first-order valence-electron chi connectivity index (χ1n) is 30.3. The molecule has 8 nitrogen and oxygen atoms in total. The molecule has 420 valence electrons. The van der Waals surface area contributed by atoms with Crippen LogP contribution in [0.5, 0.6) is 0 Å². The third-order valence-electron chi connectivity index (χ3n) is 13.4. The van der Waals surface area contributed by atoms with Gasteiger partial charge in [-0.3, -0.25) is 9.36 Å². The Morgan fingerprint density at radius 3 is 1.24 bits per heavy atom. The standard InChI is InChI=1S/C63H117N2O6P/c1-6-8-10-12-14-16-18-20-22-24-26-28-30-31-32-33-35-37-39-41-43-45-47-49-51-53-55-57-63(67)64-61(60-71-72(68,69)70-59-58-65(3,4)5)62(66)56-54-52-50-48-46-44-42-40-38-36-34-29-27-25-23-21-19-17-15-13-11-9-7-2/h8,10,14,16,20,22,26,28,31-32,54,56,61-62,66H,6-7,9,11-13,15,17-19,21,23-25,27,29-30,33-53,55,57-60H2,1-5H3,(H-,64,67,68,69)/b10-8-,16-14-,22-20-,28-26-,32-31-,56-54+. The Balaban J connectivity index is 4.20. The van der Waals surface area contributed by atoms with Crippen LogP contribution in [0.25, 0.3) is 0 Å². The number of likely N-dealkylation sites (N-methyl/N-ethyl adjacent to an activating group) is 1. The van der Waals surface area contributed by atoms with Gasteiger partial charge in [0, 0.05) is 6.42 Å². The van der Waals surface area contributed by atoms with E-state index in [9.17, 15) is 19.4 Å². The van der Waals surface area contributed by atoms with Gasteiger partial charge in [-0.25, -0.2) is 0 Å². The summed E-state index contributed by atoms with van der Waals surface area (Å²) in [6, 6.07) is -0.893. The molecule has 0 rings (SSSR count). The summed E-state index contributed by atoms with van der Waals surface area (Å²) in [4.78, 5) is 25.5. The summed E-state index contributed by atoms with van der Waals surface area (Å²) < 4.78 is 23.4. The Hall–Kier alpha value is -2.06. The average molecular weight is 1030 g/mol. The molecule has 0 aliphatic rings. The highest BCUT2D eigenvalue weighted by Crippen LogP contribution is 2.38. The van der Waals surface area contributed by atoms with Gasteiger partial charge in [0.15, 0.2) is 0 Å². The average Bonchev–Trinajstić information content (AvgIpc) is 3.34. The van der Waals surface area contributed by atoms with E-state index in [4.69, 9.17) is 9.05 Å². The molecule has 0 bridgehead atoms. The lowest BCUT2D eigenvalue weighted by Crippen LogP contribution is -2.45. The summed E-state index contributed by atoms with van der Waals surface area (Å²) in [5.74, 6) is -0.201. The zero-order valence-electron chi connectivity index (χ0n) is 47.9. The van der Waals surface area contributed by atoms with E-state index in [1.54, 1.807) is 6.08 Å². The second kappa shape index (κ2) is 53.8. The molecule has 0 radical (unpaired) electrons. The molecule has 0 saturated heterocycles. The fourth-order valence-corrected chi connectivity index (χ4v) is 9.43. The van der Waals surface area contributed by atoms with Crippen LogP contribution >= 0.6 is 7.82 Å². The molecule has 0 fully saturated rings. The predicted molar refractivity (Wildman–Crippen MR) is 311 cm³/mol. The molecular formula is C63H117N2O6P. The van der Waals surface area contributed by atoms with E-state index in [2.05, 4.69) is 79.9 Å². The van der Waals surface area contributed by atoms with Gasteiger partial charge in [0.25, 0.3) is 7.82 Å². The van der Waals surface area contributed by atoms with Crippen molar-refractivity contribution in [1.29, 1.82) is 0 Å². The zero-order chi connectivity index (χ0) is 52.7. The second-order valence-electron chi connectivity index (χ2n) is 21.7. The minimum atomic E-state index is -4.60. The molecule has 2 N–H and O–H groups in total. The number of unbranched alkanes of at least 4 members (excludes halogenated alkanes) is 32. The van der Waals surface area contributed by atoms with Gasteiger partial charge < -0.3 is 28.8 Å². The van der Waals surface area contributed by atoms with Crippen molar-refractivity contribution in [2.75, 3.05) is 40.9 Å². The van der Waals surface area contributed by atoms with E-state index in [0.29, 0.717) is 17.4 Å². The van der Waals surface area contributed by atoms with Crippen LogP contribution in [0.3, 0.4) is 0 Å². The first-order valence-corrected chi connectivity index (χ1v) is 31.8. The third-order valence-corrected chi connectivity index (χ3v) is 14.4. The Labute approximate surface area is 446 Å². The molecule has 0 heterocycles. The largest absolute Gasteiger partial charge is 0.756 e. The van der Waals surface area contributed by atoms with Crippen molar-refractivity contribution in [2.45, 2.75) is 283 Å². The van der Waals surface area contributed by atoms with Gasteiger partial charge in [-0.2, -0.15) is 0 Å². The molecule has 0 aromatic carbocycles. The van der Waals surface area contributed by atoms with Crippen molar-refractivity contribution in [1.82, 2.24) is 5.32 Å².